The van der Waals surface area contributed by atoms with E-state index in [4.69, 9.17) is 23.2 Å². The molecule has 2 amide bonds. The average Bonchev–Trinajstić information content (AvgIpc) is 3.43. The SMILES string of the molecule is O=C(Nc1ccc(C2(c3ccc(NC(=O)c4ccc(Cl)c([N+](=O)[O-])c4)cc3)c3ccccc3-c3ccccc32)cc1)c1ccc(Cl)c([N+](=O)[O-])c1. The molecule has 1 aliphatic carbocycles. The van der Waals surface area contributed by atoms with Crippen molar-refractivity contribution in [2.75, 3.05) is 10.6 Å². The van der Waals surface area contributed by atoms with Crippen LogP contribution in [0.4, 0.5) is 22.7 Å². The first-order valence-electron chi connectivity index (χ1n) is 15.5. The minimum Gasteiger partial charge on any atom is -0.322 e. The van der Waals surface area contributed by atoms with Gasteiger partial charge in [-0.3, -0.25) is 29.8 Å². The fourth-order valence-electron chi connectivity index (χ4n) is 6.63. The number of nitrogens with zero attached hydrogens (tertiary/aromatic N) is 2. The summed E-state index contributed by atoms with van der Waals surface area (Å²) >= 11 is 11.9. The molecule has 51 heavy (non-hydrogen) atoms. The number of halogens is 2. The maximum absolute atomic E-state index is 13.1. The molecule has 0 bridgehead atoms. The van der Waals surface area contributed by atoms with Gasteiger partial charge in [-0.05, 0) is 81.9 Å². The van der Waals surface area contributed by atoms with Gasteiger partial charge in [0.05, 0.1) is 15.3 Å². The molecule has 2 N–H and O–H groups in total. The third kappa shape index (κ3) is 5.86. The Kier molecular flexibility index (Phi) is 8.56. The molecule has 0 spiro atoms. The van der Waals surface area contributed by atoms with Crippen molar-refractivity contribution in [2.45, 2.75) is 5.41 Å². The van der Waals surface area contributed by atoms with Crippen LogP contribution in [0.1, 0.15) is 43.0 Å². The second kappa shape index (κ2) is 13.2. The Labute approximate surface area is 300 Å². The van der Waals surface area contributed by atoms with Gasteiger partial charge in [-0.2, -0.15) is 0 Å². The molecule has 0 saturated heterocycles. The van der Waals surface area contributed by atoms with E-state index in [2.05, 4.69) is 34.9 Å². The van der Waals surface area contributed by atoms with Gasteiger partial charge in [0, 0.05) is 34.6 Å². The second-order valence-electron chi connectivity index (χ2n) is 11.8. The van der Waals surface area contributed by atoms with Crippen molar-refractivity contribution in [3.05, 3.63) is 197 Å². The van der Waals surface area contributed by atoms with Crippen LogP contribution < -0.4 is 10.6 Å². The highest BCUT2D eigenvalue weighted by Gasteiger charge is 2.45. The largest absolute Gasteiger partial charge is 0.322 e. The van der Waals surface area contributed by atoms with Crippen LogP contribution in [0.5, 0.6) is 0 Å². The summed E-state index contributed by atoms with van der Waals surface area (Å²) in [5.74, 6) is -1.06. The second-order valence-corrected chi connectivity index (χ2v) is 12.6. The van der Waals surface area contributed by atoms with Crippen molar-refractivity contribution >= 4 is 57.8 Å². The minimum atomic E-state index is -0.786. The van der Waals surface area contributed by atoms with Crippen molar-refractivity contribution in [1.29, 1.82) is 0 Å². The zero-order valence-corrected chi connectivity index (χ0v) is 27.8. The van der Waals surface area contributed by atoms with Gasteiger partial charge < -0.3 is 10.6 Å². The van der Waals surface area contributed by atoms with E-state index in [1.165, 1.54) is 24.3 Å². The minimum absolute atomic E-state index is 0.0634. The van der Waals surface area contributed by atoms with E-state index in [0.29, 0.717) is 11.4 Å². The lowest BCUT2D eigenvalue weighted by Gasteiger charge is -2.34. The van der Waals surface area contributed by atoms with Crippen LogP contribution in [0, 0.1) is 20.2 Å². The molecule has 12 heteroatoms. The molecule has 10 nitrogen and oxygen atoms in total. The van der Waals surface area contributed by atoms with Crippen LogP contribution >= 0.6 is 23.2 Å². The third-order valence-electron chi connectivity index (χ3n) is 8.91. The number of anilines is 2. The molecule has 7 rings (SSSR count). The first-order valence-corrected chi connectivity index (χ1v) is 16.2. The summed E-state index contributed by atoms with van der Waals surface area (Å²) in [7, 11) is 0. The highest BCUT2D eigenvalue weighted by Crippen LogP contribution is 2.56. The summed E-state index contributed by atoms with van der Waals surface area (Å²) in [5.41, 5.74) is 5.67. The molecule has 6 aromatic carbocycles. The van der Waals surface area contributed by atoms with E-state index in [0.717, 1.165) is 45.5 Å². The van der Waals surface area contributed by atoms with Crippen molar-refractivity contribution in [3.8, 4) is 11.1 Å². The van der Waals surface area contributed by atoms with Gasteiger partial charge in [-0.25, -0.2) is 0 Å². The van der Waals surface area contributed by atoms with E-state index >= 15 is 0 Å². The van der Waals surface area contributed by atoms with Gasteiger partial charge in [-0.15, -0.1) is 0 Å². The van der Waals surface area contributed by atoms with Gasteiger partial charge in [-0.1, -0.05) is 96.0 Å². The number of carbonyl (C=O) groups is 2. The predicted molar refractivity (Wildman–Crippen MR) is 196 cm³/mol. The first kappa shape index (κ1) is 33.2. The van der Waals surface area contributed by atoms with Crippen LogP contribution in [0.3, 0.4) is 0 Å². The van der Waals surface area contributed by atoms with Gasteiger partial charge in [0.25, 0.3) is 23.2 Å². The van der Waals surface area contributed by atoms with E-state index in [1.807, 2.05) is 48.5 Å². The normalized spacial score (nSPS) is 12.4. The van der Waals surface area contributed by atoms with Crippen LogP contribution in [-0.2, 0) is 5.41 Å². The van der Waals surface area contributed by atoms with Crippen molar-refractivity contribution in [1.82, 2.24) is 0 Å². The van der Waals surface area contributed by atoms with Gasteiger partial charge in [0.1, 0.15) is 10.0 Å². The number of nitro groups is 2. The van der Waals surface area contributed by atoms with Crippen molar-refractivity contribution < 1.29 is 19.4 Å². The number of benzene rings is 6. The molecule has 0 saturated carbocycles. The van der Waals surface area contributed by atoms with Crippen LogP contribution in [-0.4, -0.2) is 21.7 Å². The van der Waals surface area contributed by atoms with E-state index in [9.17, 15) is 29.8 Å². The quantitative estimate of drug-likeness (QED) is 0.118. The van der Waals surface area contributed by atoms with Crippen LogP contribution in [0.25, 0.3) is 11.1 Å². The van der Waals surface area contributed by atoms with E-state index < -0.39 is 27.1 Å². The topological polar surface area (TPSA) is 144 Å². The number of hydrogen-bond acceptors (Lipinski definition) is 6. The Hall–Kier alpha value is -6.36. The van der Waals surface area contributed by atoms with Crippen LogP contribution in [0.2, 0.25) is 10.0 Å². The molecular weight excluding hydrogens is 691 g/mol. The Morgan fingerprint density at radius 3 is 1.27 bits per heavy atom. The molecule has 0 heterocycles. The van der Waals surface area contributed by atoms with Crippen molar-refractivity contribution in [3.63, 3.8) is 0 Å². The van der Waals surface area contributed by atoms with Gasteiger partial charge in [0.2, 0.25) is 0 Å². The molecule has 0 fully saturated rings. The summed E-state index contributed by atoms with van der Waals surface area (Å²) in [6.45, 7) is 0. The number of carbonyl (C=O) groups excluding carboxylic acids is 2. The molecule has 250 valence electrons. The highest BCUT2D eigenvalue weighted by atomic mass is 35.5. The summed E-state index contributed by atoms with van der Waals surface area (Å²) < 4.78 is 0. The molecule has 0 aromatic heterocycles. The number of amides is 2. The Bertz CT molecular complexity index is 2230. The molecule has 0 radical (unpaired) electrons. The fourth-order valence-corrected chi connectivity index (χ4v) is 7.00. The number of nitro benzene ring substituents is 2. The zero-order chi connectivity index (χ0) is 35.9. The first-order chi connectivity index (χ1) is 24.6. The van der Waals surface area contributed by atoms with Gasteiger partial charge >= 0.3 is 0 Å². The Morgan fingerprint density at radius 1 is 0.529 bits per heavy atom. The smallest absolute Gasteiger partial charge is 0.288 e. The predicted octanol–water partition coefficient (Wildman–Crippen LogP) is 9.68. The lowest BCUT2D eigenvalue weighted by atomic mass is 9.67. The standard InChI is InChI=1S/C39H24Cl2N4O6/c40-33-19-9-23(21-35(33)44(48)49)37(46)42-27-15-11-25(12-16-27)39(31-7-3-1-5-29(31)30-6-2-4-8-32(30)39)26-13-17-28(18-14-26)43-38(47)24-10-20-34(41)36(22-24)45(50)51/h1-22H,(H,42,46)(H,43,47). The lowest BCUT2D eigenvalue weighted by Crippen LogP contribution is -2.28. The van der Waals surface area contributed by atoms with E-state index in [-0.39, 0.29) is 32.5 Å². The molecule has 0 aliphatic heterocycles. The number of fused-ring (bicyclic) bond motifs is 3. The molecule has 0 unspecified atom stereocenters. The highest BCUT2D eigenvalue weighted by molar-refractivity contribution is 6.33. The molecule has 1 aliphatic rings. The maximum Gasteiger partial charge on any atom is 0.288 e. The summed E-state index contributed by atoms with van der Waals surface area (Å²) in [5, 5.41) is 28.2. The molecule has 6 aromatic rings. The third-order valence-corrected chi connectivity index (χ3v) is 9.55. The number of nitrogens with one attached hydrogen (secondary N) is 2. The summed E-state index contributed by atoms with van der Waals surface area (Å²) in [6.07, 6.45) is 0. The number of hydrogen-bond donors (Lipinski definition) is 2. The van der Waals surface area contributed by atoms with E-state index in [1.54, 1.807) is 24.3 Å². The monoisotopic (exact) mass is 714 g/mol. The number of rotatable bonds is 8. The Balaban J connectivity index is 1.25. The average molecular weight is 716 g/mol. The summed E-state index contributed by atoms with van der Waals surface area (Å²) in [6, 6.07) is 38.9. The Morgan fingerprint density at radius 2 is 0.902 bits per heavy atom. The lowest BCUT2D eigenvalue weighted by molar-refractivity contribution is -0.384. The zero-order valence-electron chi connectivity index (χ0n) is 26.3. The molecule has 0 atom stereocenters. The van der Waals surface area contributed by atoms with Crippen LogP contribution in [0.15, 0.2) is 133 Å². The van der Waals surface area contributed by atoms with Crippen molar-refractivity contribution in [2.24, 2.45) is 0 Å². The van der Waals surface area contributed by atoms with Gasteiger partial charge in [0.15, 0.2) is 0 Å². The summed E-state index contributed by atoms with van der Waals surface area (Å²) in [4.78, 5) is 47.6. The molecular formula is C39H24Cl2N4O6. The fraction of sp³-hybridized carbons (Fsp3) is 0.0256. The maximum atomic E-state index is 13.1.